The number of benzene rings is 2. The molecular weight excluding hydrogens is 285 g/mol. The standard InChI is InChI=1S/C14H13ClFNOS/c15-10-1-6-14(13(17)9-10)19-8-7-18-12-4-2-11(16)3-5-12/h1-6,9H,7-8,17H2. The van der Waals surface area contributed by atoms with E-state index in [4.69, 9.17) is 22.1 Å². The Balaban J connectivity index is 1.79. The Kier molecular flexibility index (Phi) is 4.93. The van der Waals surface area contributed by atoms with Gasteiger partial charge in [0.05, 0.1) is 6.61 Å². The van der Waals surface area contributed by atoms with Crippen LogP contribution in [0.2, 0.25) is 5.02 Å². The third-order valence-corrected chi connectivity index (χ3v) is 3.68. The highest BCUT2D eigenvalue weighted by Crippen LogP contribution is 2.27. The topological polar surface area (TPSA) is 35.2 Å². The number of anilines is 1. The molecule has 0 fully saturated rings. The Morgan fingerprint density at radius 1 is 1.16 bits per heavy atom. The molecule has 0 saturated carbocycles. The van der Waals surface area contributed by atoms with Gasteiger partial charge in [-0.15, -0.1) is 11.8 Å². The zero-order valence-electron chi connectivity index (χ0n) is 10.1. The van der Waals surface area contributed by atoms with Crippen LogP contribution in [-0.4, -0.2) is 12.4 Å². The van der Waals surface area contributed by atoms with Gasteiger partial charge in [0.1, 0.15) is 11.6 Å². The molecule has 5 heteroatoms. The van der Waals surface area contributed by atoms with Crippen molar-refractivity contribution in [3.8, 4) is 5.75 Å². The first-order valence-corrected chi connectivity index (χ1v) is 7.08. The average molecular weight is 298 g/mol. The van der Waals surface area contributed by atoms with Crippen molar-refractivity contribution in [2.75, 3.05) is 18.1 Å². The maximum Gasteiger partial charge on any atom is 0.123 e. The lowest BCUT2D eigenvalue weighted by Gasteiger charge is -2.07. The second-order valence-corrected chi connectivity index (χ2v) is 5.41. The van der Waals surface area contributed by atoms with Crippen LogP contribution < -0.4 is 10.5 Å². The molecule has 0 atom stereocenters. The Bertz CT molecular complexity index is 548. The molecule has 0 aliphatic heterocycles. The van der Waals surface area contributed by atoms with Crippen molar-refractivity contribution in [2.45, 2.75) is 4.90 Å². The van der Waals surface area contributed by atoms with E-state index in [2.05, 4.69) is 0 Å². The fraction of sp³-hybridized carbons (Fsp3) is 0.143. The second kappa shape index (κ2) is 6.68. The molecule has 0 amide bonds. The number of rotatable bonds is 5. The molecule has 2 aromatic rings. The second-order valence-electron chi connectivity index (χ2n) is 3.83. The van der Waals surface area contributed by atoms with Gasteiger partial charge in [-0.2, -0.15) is 0 Å². The molecule has 0 aliphatic carbocycles. The van der Waals surface area contributed by atoms with Crippen LogP contribution in [-0.2, 0) is 0 Å². The van der Waals surface area contributed by atoms with Gasteiger partial charge in [-0.05, 0) is 42.5 Å². The molecule has 0 heterocycles. The molecule has 0 bridgehead atoms. The minimum atomic E-state index is -0.268. The molecule has 2 nitrogen and oxygen atoms in total. The van der Waals surface area contributed by atoms with Crippen molar-refractivity contribution in [3.63, 3.8) is 0 Å². The van der Waals surface area contributed by atoms with Crippen molar-refractivity contribution in [3.05, 3.63) is 53.3 Å². The van der Waals surface area contributed by atoms with Crippen molar-refractivity contribution in [1.82, 2.24) is 0 Å². The maximum atomic E-state index is 12.7. The summed E-state index contributed by atoms with van der Waals surface area (Å²) in [6, 6.07) is 11.4. The quantitative estimate of drug-likeness (QED) is 0.509. The summed E-state index contributed by atoms with van der Waals surface area (Å²) < 4.78 is 18.2. The highest BCUT2D eigenvalue weighted by molar-refractivity contribution is 7.99. The summed E-state index contributed by atoms with van der Waals surface area (Å²) in [6.45, 7) is 0.526. The molecule has 2 rings (SSSR count). The van der Waals surface area contributed by atoms with Crippen LogP contribution in [0.1, 0.15) is 0 Å². The lowest BCUT2D eigenvalue weighted by Crippen LogP contribution is -2.00. The Hall–Kier alpha value is -1.39. The van der Waals surface area contributed by atoms with Crippen molar-refractivity contribution < 1.29 is 9.13 Å². The zero-order valence-corrected chi connectivity index (χ0v) is 11.7. The maximum absolute atomic E-state index is 12.7. The fourth-order valence-electron chi connectivity index (χ4n) is 1.49. The number of thioether (sulfide) groups is 1. The predicted molar refractivity (Wildman–Crippen MR) is 78.5 cm³/mol. The van der Waals surface area contributed by atoms with E-state index in [1.54, 1.807) is 36.0 Å². The Morgan fingerprint density at radius 3 is 2.58 bits per heavy atom. The highest BCUT2D eigenvalue weighted by Gasteiger charge is 2.01. The summed E-state index contributed by atoms with van der Waals surface area (Å²) in [5, 5.41) is 0.629. The van der Waals surface area contributed by atoms with E-state index < -0.39 is 0 Å². The molecule has 0 aromatic heterocycles. The fourth-order valence-corrected chi connectivity index (χ4v) is 2.45. The van der Waals surface area contributed by atoms with Gasteiger partial charge < -0.3 is 10.5 Å². The first-order chi connectivity index (χ1) is 9.15. The third-order valence-electron chi connectivity index (χ3n) is 2.40. The summed E-state index contributed by atoms with van der Waals surface area (Å²) in [7, 11) is 0. The molecule has 0 spiro atoms. The van der Waals surface area contributed by atoms with Gasteiger partial charge in [-0.3, -0.25) is 0 Å². The van der Waals surface area contributed by atoms with E-state index in [9.17, 15) is 4.39 Å². The SMILES string of the molecule is Nc1cc(Cl)ccc1SCCOc1ccc(F)cc1. The molecule has 0 saturated heterocycles. The minimum absolute atomic E-state index is 0.268. The van der Waals surface area contributed by atoms with E-state index >= 15 is 0 Å². The summed E-state index contributed by atoms with van der Waals surface area (Å²) in [6.07, 6.45) is 0. The average Bonchev–Trinajstić information content (AvgIpc) is 2.39. The van der Waals surface area contributed by atoms with Gasteiger partial charge in [0.25, 0.3) is 0 Å². The van der Waals surface area contributed by atoms with Gasteiger partial charge in [-0.1, -0.05) is 11.6 Å². The Labute approximate surface area is 120 Å². The third kappa shape index (κ3) is 4.33. The van der Waals surface area contributed by atoms with E-state index in [1.165, 1.54) is 12.1 Å². The molecule has 0 aliphatic rings. The normalized spacial score (nSPS) is 10.4. The minimum Gasteiger partial charge on any atom is -0.493 e. The highest BCUT2D eigenvalue weighted by atomic mass is 35.5. The number of ether oxygens (including phenoxy) is 1. The molecule has 2 N–H and O–H groups in total. The number of nitrogens with two attached hydrogens (primary N) is 1. The lowest BCUT2D eigenvalue weighted by atomic mass is 10.3. The van der Waals surface area contributed by atoms with Crippen LogP contribution >= 0.6 is 23.4 Å². The van der Waals surface area contributed by atoms with Gasteiger partial charge in [0, 0.05) is 21.4 Å². The molecule has 19 heavy (non-hydrogen) atoms. The lowest BCUT2D eigenvalue weighted by molar-refractivity contribution is 0.343. The van der Waals surface area contributed by atoms with Gasteiger partial charge in [0.2, 0.25) is 0 Å². The predicted octanol–water partition coefficient (Wildman–Crippen LogP) is 4.23. The number of nitrogen functional groups attached to an aromatic ring is 1. The molecule has 100 valence electrons. The number of halogens is 2. The van der Waals surface area contributed by atoms with Crippen molar-refractivity contribution >= 4 is 29.1 Å². The summed E-state index contributed by atoms with van der Waals surface area (Å²) in [5.41, 5.74) is 6.51. The molecule has 0 unspecified atom stereocenters. The smallest absolute Gasteiger partial charge is 0.123 e. The van der Waals surface area contributed by atoms with Gasteiger partial charge in [-0.25, -0.2) is 4.39 Å². The summed E-state index contributed by atoms with van der Waals surface area (Å²) in [4.78, 5) is 0.979. The summed E-state index contributed by atoms with van der Waals surface area (Å²) in [5.74, 6) is 1.14. The van der Waals surface area contributed by atoms with Crippen LogP contribution in [0, 0.1) is 5.82 Å². The van der Waals surface area contributed by atoms with Crippen LogP contribution in [0.4, 0.5) is 10.1 Å². The van der Waals surface area contributed by atoms with Crippen LogP contribution in [0.5, 0.6) is 5.75 Å². The molecule has 0 radical (unpaired) electrons. The molecule has 2 aromatic carbocycles. The van der Waals surface area contributed by atoms with Crippen LogP contribution in [0.15, 0.2) is 47.4 Å². The van der Waals surface area contributed by atoms with Crippen LogP contribution in [0.25, 0.3) is 0 Å². The van der Waals surface area contributed by atoms with E-state index in [1.807, 2.05) is 6.07 Å². The van der Waals surface area contributed by atoms with E-state index in [-0.39, 0.29) is 5.82 Å². The first kappa shape index (κ1) is 14.0. The van der Waals surface area contributed by atoms with Gasteiger partial charge in [0.15, 0.2) is 0 Å². The van der Waals surface area contributed by atoms with E-state index in [0.717, 1.165) is 10.6 Å². The Morgan fingerprint density at radius 2 is 1.89 bits per heavy atom. The number of hydrogen-bond donors (Lipinski definition) is 1. The van der Waals surface area contributed by atoms with Gasteiger partial charge >= 0.3 is 0 Å². The van der Waals surface area contributed by atoms with E-state index in [0.29, 0.717) is 23.1 Å². The molecular formula is C14H13ClFNOS. The zero-order chi connectivity index (χ0) is 13.7. The van der Waals surface area contributed by atoms with Crippen molar-refractivity contribution in [2.24, 2.45) is 0 Å². The monoisotopic (exact) mass is 297 g/mol. The van der Waals surface area contributed by atoms with Crippen molar-refractivity contribution in [1.29, 1.82) is 0 Å². The first-order valence-electron chi connectivity index (χ1n) is 5.71. The largest absolute Gasteiger partial charge is 0.493 e. The summed E-state index contributed by atoms with van der Waals surface area (Å²) >= 11 is 7.42. The number of hydrogen-bond acceptors (Lipinski definition) is 3. The van der Waals surface area contributed by atoms with Crippen LogP contribution in [0.3, 0.4) is 0 Å².